The molecule has 2 aliphatic rings. The van der Waals surface area contributed by atoms with Crippen molar-refractivity contribution in [1.82, 2.24) is 15.1 Å². The molecule has 0 bridgehead atoms. The SMILES string of the molecule is CN1CCN(CCCNC=C2Cc3c(Cl)cccc3C2=O)CC1. The van der Waals surface area contributed by atoms with Gasteiger partial charge >= 0.3 is 0 Å². The first-order chi connectivity index (χ1) is 11.1. The molecule has 1 fully saturated rings. The van der Waals surface area contributed by atoms with Crippen LogP contribution in [0.15, 0.2) is 30.0 Å². The number of piperazine rings is 1. The molecular weight excluding hydrogens is 310 g/mol. The third kappa shape index (κ3) is 3.94. The van der Waals surface area contributed by atoms with Gasteiger partial charge in [0.1, 0.15) is 0 Å². The molecule has 1 saturated heterocycles. The zero-order chi connectivity index (χ0) is 16.2. The van der Waals surface area contributed by atoms with Crippen LogP contribution >= 0.6 is 11.6 Å². The fourth-order valence-corrected chi connectivity index (χ4v) is 3.42. The molecule has 3 rings (SSSR count). The molecule has 0 unspecified atom stereocenters. The van der Waals surface area contributed by atoms with Gasteiger partial charge in [-0.1, -0.05) is 23.7 Å². The van der Waals surface area contributed by atoms with Crippen LogP contribution in [0.5, 0.6) is 0 Å². The second kappa shape index (κ2) is 7.47. The monoisotopic (exact) mass is 333 g/mol. The van der Waals surface area contributed by atoms with E-state index in [9.17, 15) is 4.79 Å². The van der Waals surface area contributed by atoms with Crippen LogP contribution in [-0.4, -0.2) is 61.9 Å². The highest BCUT2D eigenvalue weighted by molar-refractivity contribution is 6.32. The number of allylic oxidation sites excluding steroid dienone is 1. The number of benzene rings is 1. The van der Waals surface area contributed by atoms with Crippen LogP contribution in [-0.2, 0) is 6.42 Å². The largest absolute Gasteiger partial charge is 0.391 e. The lowest BCUT2D eigenvalue weighted by Gasteiger charge is -2.32. The molecule has 1 aromatic carbocycles. The molecule has 0 aromatic heterocycles. The Labute approximate surface area is 143 Å². The first kappa shape index (κ1) is 16.5. The molecule has 0 atom stereocenters. The molecule has 1 aliphatic heterocycles. The number of carbonyl (C=O) groups excluding carboxylic acids is 1. The van der Waals surface area contributed by atoms with Crippen molar-refractivity contribution in [2.45, 2.75) is 12.8 Å². The summed E-state index contributed by atoms with van der Waals surface area (Å²) in [5.74, 6) is 0.106. The Kier molecular flexibility index (Phi) is 5.36. The minimum absolute atomic E-state index is 0.106. The van der Waals surface area contributed by atoms with E-state index in [-0.39, 0.29) is 5.78 Å². The molecule has 1 heterocycles. The Hall–Kier alpha value is -1.36. The molecule has 0 amide bonds. The number of hydrogen-bond donors (Lipinski definition) is 1. The lowest BCUT2D eigenvalue weighted by Crippen LogP contribution is -2.45. The van der Waals surface area contributed by atoms with E-state index in [2.05, 4.69) is 22.2 Å². The summed E-state index contributed by atoms with van der Waals surface area (Å²) in [5, 5.41) is 3.99. The summed E-state index contributed by atoms with van der Waals surface area (Å²) in [6, 6.07) is 5.54. The average Bonchev–Trinajstić information content (AvgIpc) is 2.87. The average molecular weight is 334 g/mol. The van der Waals surface area contributed by atoms with Crippen LogP contribution in [0.25, 0.3) is 0 Å². The quantitative estimate of drug-likeness (QED) is 0.662. The van der Waals surface area contributed by atoms with Crippen LogP contribution in [0, 0.1) is 0 Å². The van der Waals surface area contributed by atoms with Crippen molar-refractivity contribution in [3.05, 3.63) is 46.1 Å². The highest BCUT2D eigenvalue weighted by atomic mass is 35.5. The molecule has 23 heavy (non-hydrogen) atoms. The van der Waals surface area contributed by atoms with E-state index < -0.39 is 0 Å². The van der Waals surface area contributed by atoms with E-state index in [0.717, 1.165) is 62.4 Å². The molecule has 1 N–H and O–H groups in total. The fourth-order valence-electron chi connectivity index (χ4n) is 3.18. The predicted octanol–water partition coefficient (Wildman–Crippen LogP) is 2.19. The van der Waals surface area contributed by atoms with Gasteiger partial charge in [-0.25, -0.2) is 0 Å². The van der Waals surface area contributed by atoms with Crippen LogP contribution in [0.4, 0.5) is 0 Å². The van der Waals surface area contributed by atoms with Gasteiger partial charge in [0.15, 0.2) is 5.78 Å². The van der Waals surface area contributed by atoms with E-state index in [4.69, 9.17) is 11.6 Å². The van der Waals surface area contributed by atoms with Gasteiger partial charge in [-0.2, -0.15) is 0 Å². The van der Waals surface area contributed by atoms with Crippen molar-refractivity contribution in [3.8, 4) is 0 Å². The van der Waals surface area contributed by atoms with E-state index >= 15 is 0 Å². The predicted molar refractivity (Wildman–Crippen MR) is 94.1 cm³/mol. The Morgan fingerprint density at radius 3 is 2.78 bits per heavy atom. The maximum absolute atomic E-state index is 12.3. The van der Waals surface area contributed by atoms with Crippen molar-refractivity contribution >= 4 is 17.4 Å². The van der Waals surface area contributed by atoms with Crippen molar-refractivity contribution in [2.24, 2.45) is 0 Å². The van der Waals surface area contributed by atoms with Crippen molar-refractivity contribution in [1.29, 1.82) is 0 Å². The van der Waals surface area contributed by atoms with E-state index in [1.165, 1.54) is 0 Å². The summed E-state index contributed by atoms with van der Waals surface area (Å²) < 4.78 is 0. The number of carbonyl (C=O) groups is 1. The summed E-state index contributed by atoms with van der Waals surface area (Å²) >= 11 is 6.17. The zero-order valence-corrected chi connectivity index (χ0v) is 14.4. The summed E-state index contributed by atoms with van der Waals surface area (Å²) in [6.45, 7) is 6.64. The highest BCUT2D eigenvalue weighted by Crippen LogP contribution is 2.31. The van der Waals surface area contributed by atoms with Crippen molar-refractivity contribution < 1.29 is 4.79 Å². The number of Topliss-reactive ketones (excluding diaryl/α,β-unsaturated/α-hetero) is 1. The lowest BCUT2D eigenvalue weighted by molar-refractivity contribution is 0.103. The van der Waals surface area contributed by atoms with Crippen LogP contribution in [0.1, 0.15) is 22.3 Å². The Bertz CT molecular complexity index is 606. The number of likely N-dealkylation sites (N-methyl/N-ethyl adjacent to an activating group) is 1. The number of nitrogens with one attached hydrogen (secondary N) is 1. The van der Waals surface area contributed by atoms with E-state index in [1.807, 2.05) is 24.4 Å². The molecule has 5 heteroatoms. The fraction of sp³-hybridized carbons (Fsp3) is 0.500. The first-order valence-electron chi connectivity index (χ1n) is 8.30. The summed E-state index contributed by atoms with van der Waals surface area (Å²) in [6.07, 6.45) is 3.61. The van der Waals surface area contributed by atoms with Crippen LogP contribution < -0.4 is 5.32 Å². The number of ketones is 1. The third-order valence-corrected chi connectivity index (χ3v) is 5.04. The van der Waals surface area contributed by atoms with Gasteiger partial charge in [0.2, 0.25) is 0 Å². The van der Waals surface area contributed by atoms with E-state index in [0.29, 0.717) is 11.4 Å². The Balaban J connectivity index is 1.43. The normalized spacial score (nSPS) is 21.0. The van der Waals surface area contributed by atoms with Crippen molar-refractivity contribution in [2.75, 3.05) is 46.3 Å². The zero-order valence-electron chi connectivity index (χ0n) is 13.6. The summed E-state index contributed by atoms with van der Waals surface area (Å²) in [7, 11) is 2.17. The molecule has 0 saturated carbocycles. The molecule has 1 aromatic rings. The molecule has 0 radical (unpaired) electrons. The highest BCUT2D eigenvalue weighted by Gasteiger charge is 2.26. The second-order valence-corrected chi connectivity index (χ2v) is 6.80. The standard InChI is InChI=1S/C18H24ClN3O/c1-21-8-10-22(11-9-21)7-3-6-20-13-14-12-16-15(18(14)23)4-2-5-17(16)19/h2,4-5,13,20H,3,6-12H2,1H3. The summed E-state index contributed by atoms with van der Waals surface area (Å²) in [4.78, 5) is 17.2. The van der Waals surface area contributed by atoms with Crippen LogP contribution in [0.3, 0.4) is 0 Å². The summed E-state index contributed by atoms with van der Waals surface area (Å²) in [5.41, 5.74) is 2.53. The lowest BCUT2D eigenvalue weighted by atomic mass is 10.1. The van der Waals surface area contributed by atoms with Gasteiger partial charge in [-0.05, 0) is 31.6 Å². The smallest absolute Gasteiger partial charge is 0.191 e. The first-order valence-corrected chi connectivity index (χ1v) is 8.68. The van der Waals surface area contributed by atoms with Crippen molar-refractivity contribution in [3.63, 3.8) is 0 Å². The van der Waals surface area contributed by atoms with Gasteiger partial charge < -0.3 is 15.1 Å². The molecule has 1 aliphatic carbocycles. The van der Waals surface area contributed by atoms with Gasteiger partial charge in [-0.15, -0.1) is 0 Å². The molecule has 0 spiro atoms. The third-order valence-electron chi connectivity index (χ3n) is 4.69. The molecule has 4 nitrogen and oxygen atoms in total. The Morgan fingerprint density at radius 2 is 2.04 bits per heavy atom. The van der Waals surface area contributed by atoms with Gasteiger partial charge in [-0.3, -0.25) is 4.79 Å². The Morgan fingerprint density at radius 1 is 1.26 bits per heavy atom. The number of halogens is 1. The molecule has 124 valence electrons. The van der Waals surface area contributed by atoms with Crippen LogP contribution in [0.2, 0.25) is 5.02 Å². The van der Waals surface area contributed by atoms with Gasteiger partial charge in [0.25, 0.3) is 0 Å². The minimum atomic E-state index is 0.106. The van der Waals surface area contributed by atoms with Gasteiger partial charge in [0, 0.05) is 61.5 Å². The number of rotatable bonds is 5. The maximum Gasteiger partial charge on any atom is 0.191 e. The van der Waals surface area contributed by atoms with E-state index in [1.54, 1.807) is 0 Å². The topological polar surface area (TPSA) is 35.6 Å². The second-order valence-electron chi connectivity index (χ2n) is 6.39. The minimum Gasteiger partial charge on any atom is -0.391 e. The molecular formula is C18H24ClN3O. The van der Waals surface area contributed by atoms with Gasteiger partial charge in [0.05, 0.1) is 0 Å². The number of hydrogen-bond acceptors (Lipinski definition) is 4. The maximum atomic E-state index is 12.3. The number of nitrogens with zero attached hydrogens (tertiary/aromatic N) is 2. The number of fused-ring (bicyclic) bond motifs is 1.